The van der Waals surface area contributed by atoms with Crippen LogP contribution in [-0.2, 0) is 12.8 Å². The van der Waals surface area contributed by atoms with Crippen molar-refractivity contribution in [2.45, 2.75) is 12.8 Å². The van der Waals surface area contributed by atoms with Crippen molar-refractivity contribution >= 4 is 17.6 Å². The van der Waals surface area contributed by atoms with E-state index in [4.69, 9.17) is 4.74 Å². The molecule has 0 atom stereocenters. The number of aromatic nitrogens is 2. The molecule has 0 aliphatic carbocycles. The van der Waals surface area contributed by atoms with E-state index in [1.807, 2.05) is 12.1 Å². The number of aryl methyl sites for hydroxylation is 2. The second-order valence-corrected chi connectivity index (χ2v) is 4.59. The van der Waals surface area contributed by atoms with Gasteiger partial charge in [0.25, 0.3) is 0 Å². The molecule has 88 valence electrons. The zero-order valence-corrected chi connectivity index (χ0v) is 10.2. The topological polar surface area (TPSA) is 52.1 Å². The molecule has 0 aromatic carbocycles. The van der Waals surface area contributed by atoms with E-state index in [1.54, 1.807) is 19.5 Å². The van der Waals surface area contributed by atoms with Crippen LogP contribution in [-0.4, -0.2) is 23.4 Å². The minimum absolute atomic E-state index is 0.652. The molecule has 0 N–H and O–H groups in total. The second-order valence-electron chi connectivity index (χ2n) is 3.45. The Labute approximate surface area is 103 Å². The van der Waals surface area contributed by atoms with Crippen LogP contribution < -0.4 is 4.74 Å². The predicted octanol–water partition coefficient (Wildman–Crippen LogP) is 2.14. The second kappa shape index (κ2) is 5.54. The minimum atomic E-state index is 0.652. The van der Waals surface area contributed by atoms with Crippen LogP contribution in [0, 0.1) is 0 Å². The number of methoxy groups -OCH3 is 1. The fraction of sp³-hybridized carbons (Fsp3) is 0.250. The average Bonchev–Trinajstić information content (AvgIpc) is 2.84. The van der Waals surface area contributed by atoms with E-state index >= 15 is 0 Å². The molecule has 17 heavy (non-hydrogen) atoms. The summed E-state index contributed by atoms with van der Waals surface area (Å²) in [5, 5.41) is 0.956. The molecule has 0 amide bonds. The molecule has 2 rings (SSSR count). The van der Waals surface area contributed by atoms with Crippen LogP contribution in [0.25, 0.3) is 0 Å². The molecule has 2 aromatic heterocycles. The van der Waals surface area contributed by atoms with Crippen LogP contribution in [0.4, 0.5) is 0 Å². The number of pyridine rings is 1. The van der Waals surface area contributed by atoms with Gasteiger partial charge < -0.3 is 4.74 Å². The normalized spacial score (nSPS) is 10.2. The number of hydrogen-bond donors (Lipinski definition) is 0. The SMILES string of the molecule is COc1ncccc1CCc1ncc(C=O)s1. The van der Waals surface area contributed by atoms with Crippen molar-refractivity contribution in [2.75, 3.05) is 7.11 Å². The van der Waals surface area contributed by atoms with Gasteiger partial charge in [-0.1, -0.05) is 6.07 Å². The van der Waals surface area contributed by atoms with Gasteiger partial charge in [-0.25, -0.2) is 9.97 Å². The highest BCUT2D eigenvalue weighted by atomic mass is 32.1. The first-order valence-corrected chi connectivity index (χ1v) is 6.03. The molecule has 2 heterocycles. The Kier molecular flexibility index (Phi) is 3.82. The molecular weight excluding hydrogens is 236 g/mol. The Morgan fingerprint density at radius 3 is 3.00 bits per heavy atom. The number of ether oxygens (including phenoxy) is 1. The maximum atomic E-state index is 10.5. The Hall–Kier alpha value is -1.75. The van der Waals surface area contributed by atoms with Crippen molar-refractivity contribution in [3.05, 3.63) is 40.0 Å². The monoisotopic (exact) mass is 248 g/mol. The lowest BCUT2D eigenvalue weighted by molar-refractivity contribution is 0.112. The van der Waals surface area contributed by atoms with Crippen molar-refractivity contribution in [1.29, 1.82) is 0 Å². The van der Waals surface area contributed by atoms with Gasteiger partial charge in [0.2, 0.25) is 5.88 Å². The zero-order valence-electron chi connectivity index (χ0n) is 9.42. The molecule has 0 aliphatic rings. The van der Waals surface area contributed by atoms with Crippen molar-refractivity contribution in [3.8, 4) is 5.88 Å². The number of rotatable bonds is 5. The van der Waals surface area contributed by atoms with E-state index in [-0.39, 0.29) is 0 Å². The lowest BCUT2D eigenvalue weighted by atomic mass is 10.1. The lowest BCUT2D eigenvalue weighted by Gasteiger charge is -2.05. The van der Waals surface area contributed by atoms with Crippen molar-refractivity contribution in [1.82, 2.24) is 9.97 Å². The summed E-state index contributed by atoms with van der Waals surface area (Å²) >= 11 is 1.43. The third-order valence-corrected chi connectivity index (χ3v) is 3.32. The summed E-state index contributed by atoms with van der Waals surface area (Å²) in [7, 11) is 1.61. The van der Waals surface area contributed by atoms with Gasteiger partial charge in [-0.3, -0.25) is 4.79 Å². The van der Waals surface area contributed by atoms with Gasteiger partial charge in [0.1, 0.15) is 0 Å². The molecule has 0 radical (unpaired) electrons. The summed E-state index contributed by atoms with van der Waals surface area (Å²) in [4.78, 5) is 19.5. The van der Waals surface area contributed by atoms with Crippen LogP contribution in [0.1, 0.15) is 20.2 Å². The largest absolute Gasteiger partial charge is 0.481 e. The third-order valence-electron chi connectivity index (χ3n) is 2.34. The standard InChI is InChI=1S/C12H12N2O2S/c1-16-12-9(3-2-6-13-12)4-5-11-14-7-10(8-15)17-11/h2-3,6-8H,4-5H2,1H3. The number of carbonyl (C=O) groups excluding carboxylic acids is 1. The van der Waals surface area contributed by atoms with Gasteiger partial charge in [0, 0.05) is 24.4 Å². The first kappa shape index (κ1) is 11.7. The van der Waals surface area contributed by atoms with Gasteiger partial charge in [0.15, 0.2) is 6.29 Å². The van der Waals surface area contributed by atoms with Gasteiger partial charge in [-0.2, -0.15) is 0 Å². The number of aldehydes is 1. The van der Waals surface area contributed by atoms with Crippen LogP contribution in [0.2, 0.25) is 0 Å². The highest BCUT2D eigenvalue weighted by molar-refractivity contribution is 7.13. The van der Waals surface area contributed by atoms with Crippen LogP contribution in [0.5, 0.6) is 5.88 Å². The Bertz CT molecular complexity index is 511. The van der Waals surface area contributed by atoms with E-state index in [0.29, 0.717) is 10.8 Å². The molecule has 0 saturated carbocycles. The summed E-state index contributed by atoms with van der Waals surface area (Å²) < 4.78 is 5.18. The predicted molar refractivity (Wildman–Crippen MR) is 65.7 cm³/mol. The fourth-order valence-corrected chi connectivity index (χ4v) is 2.27. The first-order chi connectivity index (χ1) is 8.33. The molecule has 0 spiro atoms. The van der Waals surface area contributed by atoms with Gasteiger partial charge >= 0.3 is 0 Å². The lowest BCUT2D eigenvalue weighted by Crippen LogP contribution is -1.96. The van der Waals surface area contributed by atoms with Crippen molar-refractivity contribution < 1.29 is 9.53 Å². The highest BCUT2D eigenvalue weighted by Gasteiger charge is 2.06. The fourth-order valence-electron chi connectivity index (χ4n) is 1.53. The maximum absolute atomic E-state index is 10.5. The molecule has 2 aromatic rings. The molecule has 0 aliphatic heterocycles. The van der Waals surface area contributed by atoms with Crippen LogP contribution >= 0.6 is 11.3 Å². The quantitative estimate of drug-likeness (QED) is 0.761. The van der Waals surface area contributed by atoms with E-state index < -0.39 is 0 Å². The Morgan fingerprint density at radius 1 is 1.41 bits per heavy atom. The number of carbonyl (C=O) groups is 1. The maximum Gasteiger partial charge on any atom is 0.216 e. The molecular formula is C12H12N2O2S. The molecule has 4 nitrogen and oxygen atoms in total. The summed E-state index contributed by atoms with van der Waals surface area (Å²) in [6, 6.07) is 3.87. The summed E-state index contributed by atoms with van der Waals surface area (Å²) in [6.45, 7) is 0. The summed E-state index contributed by atoms with van der Waals surface area (Å²) in [5.74, 6) is 0.652. The number of thiazole rings is 1. The smallest absolute Gasteiger partial charge is 0.216 e. The number of hydrogen-bond acceptors (Lipinski definition) is 5. The van der Waals surface area contributed by atoms with Gasteiger partial charge in [-0.05, 0) is 12.5 Å². The molecule has 0 bridgehead atoms. The molecule has 0 unspecified atom stereocenters. The molecule has 0 saturated heterocycles. The van der Waals surface area contributed by atoms with Gasteiger partial charge in [0.05, 0.1) is 17.0 Å². The Morgan fingerprint density at radius 2 is 2.29 bits per heavy atom. The zero-order chi connectivity index (χ0) is 12.1. The summed E-state index contributed by atoms with van der Waals surface area (Å²) in [6.07, 6.45) is 5.74. The van der Waals surface area contributed by atoms with Crippen LogP contribution in [0.15, 0.2) is 24.5 Å². The third kappa shape index (κ3) is 2.88. The van der Waals surface area contributed by atoms with E-state index in [2.05, 4.69) is 9.97 Å². The highest BCUT2D eigenvalue weighted by Crippen LogP contribution is 2.18. The van der Waals surface area contributed by atoms with Crippen LogP contribution in [0.3, 0.4) is 0 Å². The van der Waals surface area contributed by atoms with E-state index in [9.17, 15) is 4.79 Å². The number of nitrogens with zero attached hydrogens (tertiary/aromatic N) is 2. The van der Waals surface area contributed by atoms with E-state index in [0.717, 1.165) is 29.7 Å². The average molecular weight is 248 g/mol. The minimum Gasteiger partial charge on any atom is -0.481 e. The summed E-state index contributed by atoms with van der Waals surface area (Å²) in [5.41, 5.74) is 1.05. The van der Waals surface area contributed by atoms with E-state index in [1.165, 1.54) is 11.3 Å². The van der Waals surface area contributed by atoms with Gasteiger partial charge in [-0.15, -0.1) is 11.3 Å². The van der Waals surface area contributed by atoms with Crippen molar-refractivity contribution in [2.24, 2.45) is 0 Å². The molecule has 0 fully saturated rings. The molecule has 5 heteroatoms. The Balaban J connectivity index is 2.04. The van der Waals surface area contributed by atoms with Crippen molar-refractivity contribution in [3.63, 3.8) is 0 Å². The first-order valence-electron chi connectivity index (χ1n) is 5.21.